The number of anilines is 1. The van der Waals surface area contributed by atoms with Crippen molar-refractivity contribution in [3.05, 3.63) is 96.3 Å². The summed E-state index contributed by atoms with van der Waals surface area (Å²) in [6, 6.07) is 24.0. The Hall–Kier alpha value is -3.47. The summed E-state index contributed by atoms with van der Waals surface area (Å²) < 4.78 is 13.0. The van der Waals surface area contributed by atoms with E-state index in [1.165, 1.54) is 24.3 Å². The van der Waals surface area contributed by atoms with Crippen molar-refractivity contribution < 1.29 is 9.18 Å². The van der Waals surface area contributed by atoms with Gasteiger partial charge in [-0.3, -0.25) is 10.1 Å². The normalized spacial score (nSPS) is 11.0. The maximum atomic E-state index is 13.0. The Labute approximate surface area is 145 Å². The third-order valence-electron chi connectivity index (χ3n) is 3.37. The Morgan fingerprint density at radius 3 is 2.04 bits per heavy atom. The average Bonchev–Trinajstić information content (AvgIpc) is 2.64. The number of amides is 1. The van der Waals surface area contributed by atoms with Crippen LogP contribution in [0.1, 0.15) is 10.4 Å². The van der Waals surface area contributed by atoms with E-state index >= 15 is 0 Å². The molecule has 5 heteroatoms. The third kappa shape index (κ3) is 4.75. The van der Waals surface area contributed by atoms with Crippen LogP contribution in [0, 0.1) is 5.82 Å². The first-order chi connectivity index (χ1) is 12.2. The predicted octanol–water partition coefficient (Wildman–Crippen LogP) is 4.36. The lowest BCUT2D eigenvalue weighted by molar-refractivity contribution is 0.0977. The molecular formula is C20H16FN3O. The summed E-state index contributed by atoms with van der Waals surface area (Å²) in [4.78, 5) is 16.8. The molecule has 2 N–H and O–H groups in total. The molecule has 25 heavy (non-hydrogen) atoms. The minimum Gasteiger partial charge on any atom is -0.326 e. The number of benzene rings is 3. The first-order valence-corrected chi connectivity index (χ1v) is 7.73. The zero-order valence-corrected chi connectivity index (χ0v) is 13.3. The summed E-state index contributed by atoms with van der Waals surface area (Å²) in [6.45, 7) is 0. The number of rotatable bonds is 3. The molecule has 0 aromatic heterocycles. The molecule has 0 unspecified atom stereocenters. The van der Waals surface area contributed by atoms with Crippen molar-refractivity contribution in [1.82, 2.24) is 5.32 Å². The minimum absolute atomic E-state index is 0.284. The molecule has 1 amide bonds. The molecule has 0 aliphatic rings. The number of halogens is 1. The fourth-order valence-corrected chi connectivity index (χ4v) is 2.16. The fourth-order valence-electron chi connectivity index (χ4n) is 2.16. The van der Waals surface area contributed by atoms with Crippen LogP contribution in [0.25, 0.3) is 0 Å². The van der Waals surface area contributed by atoms with Crippen LogP contribution in [0.4, 0.5) is 15.8 Å². The Balaban J connectivity index is 1.84. The second-order valence-electron chi connectivity index (χ2n) is 5.25. The van der Waals surface area contributed by atoms with Crippen molar-refractivity contribution in [3.63, 3.8) is 0 Å². The second kappa shape index (κ2) is 7.88. The highest BCUT2D eigenvalue weighted by molar-refractivity contribution is 6.10. The lowest BCUT2D eigenvalue weighted by Gasteiger charge is -2.12. The van der Waals surface area contributed by atoms with Gasteiger partial charge in [0.15, 0.2) is 0 Å². The van der Waals surface area contributed by atoms with Crippen LogP contribution in [-0.4, -0.2) is 11.9 Å². The first-order valence-electron chi connectivity index (χ1n) is 7.73. The Kier molecular flexibility index (Phi) is 5.16. The Morgan fingerprint density at radius 1 is 0.800 bits per heavy atom. The summed E-state index contributed by atoms with van der Waals surface area (Å²) in [5.41, 5.74) is 1.83. The van der Waals surface area contributed by atoms with Crippen LogP contribution in [0.15, 0.2) is 89.9 Å². The highest BCUT2D eigenvalue weighted by Gasteiger charge is 2.10. The van der Waals surface area contributed by atoms with Crippen molar-refractivity contribution in [3.8, 4) is 0 Å². The van der Waals surface area contributed by atoms with Crippen molar-refractivity contribution in [2.24, 2.45) is 4.99 Å². The van der Waals surface area contributed by atoms with Gasteiger partial charge in [0.1, 0.15) is 5.82 Å². The summed E-state index contributed by atoms with van der Waals surface area (Å²) in [6.07, 6.45) is 0. The van der Waals surface area contributed by atoms with Gasteiger partial charge < -0.3 is 5.32 Å². The number of carbonyl (C=O) groups excluding carboxylic acids is 1. The topological polar surface area (TPSA) is 53.5 Å². The van der Waals surface area contributed by atoms with Crippen molar-refractivity contribution in [1.29, 1.82) is 0 Å². The number of aliphatic imine (C=N–C) groups is 1. The van der Waals surface area contributed by atoms with Crippen LogP contribution in [0.3, 0.4) is 0 Å². The molecule has 0 atom stereocenters. The van der Waals surface area contributed by atoms with E-state index in [4.69, 9.17) is 0 Å². The van der Waals surface area contributed by atoms with E-state index in [2.05, 4.69) is 15.6 Å². The van der Waals surface area contributed by atoms with Gasteiger partial charge in [-0.1, -0.05) is 36.4 Å². The van der Waals surface area contributed by atoms with E-state index in [0.717, 1.165) is 5.69 Å². The summed E-state index contributed by atoms with van der Waals surface area (Å²) in [5, 5.41) is 5.81. The molecular weight excluding hydrogens is 317 g/mol. The molecule has 124 valence electrons. The minimum atomic E-state index is -0.392. The van der Waals surface area contributed by atoms with Gasteiger partial charge >= 0.3 is 0 Å². The van der Waals surface area contributed by atoms with Crippen LogP contribution >= 0.6 is 0 Å². The number of nitrogens with one attached hydrogen (secondary N) is 2. The maximum Gasteiger partial charge on any atom is 0.257 e. The smallest absolute Gasteiger partial charge is 0.257 e. The van der Waals surface area contributed by atoms with Crippen LogP contribution < -0.4 is 10.6 Å². The highest BCUT2D eigenvalue weighted by Crippen LogP contribution is 2.12. The van der Waals surface area contributed by atoms with Gasteiger partial charge in [-0.05, 0) is 48.5 Å². The summed E-state index contributed by atoms with van der Waals surface area (Å²) in [7, 11) is 0. The molecule has 0 spiro atoms. The van der Waals surface area contributed by atoms with Crippen molar-refractivity contribution in [2.75, 3.05) is 5.32 Å². The second-order valence-corrected chi connectivity index (χ2v) is 5.25. The SMILES string of the molecule is O=C(NC(=Nc1ccccc1)Nc1ccccc1)c1ccc(F)cc1. The quantitative estimate of drug-likeness (QED) is 0.553. The van der Waals surface area contributed by atoms with Gasteiger partial charge in [-0.25, -0.2) is 9.38 Å². The summed E-state index contributed by atoms with van der Waals surface area (Å²) >= 11 is 0. The lowest BCUT2D eigenvalue weighted by atomic mass is 10.2. The zero-order chi connectivity index (χ0) is 17.5. The summed E-state index contributed by atoms with van der Waals surface area (Å²) in [5.74, 6) is -0.484. The standard InChI is InChI=1S/C20H16FN3O/c21-16-13-11-15(12-14-16)19(25)24-20(22-17-7-3-1-4-8-17)23-18-9-5-2-6-10-18/h1-14H,(H2,22,23,24,25). The van der Waals surface area contributed by atoms with Gasteiger partial charge in [0.25, 0.3) is 5.91 Å². The first kappa shape index (κ1) is 16.4. The molecule has 0 fully saturated rings. The molecule has 0 saturated heterocycles. The third-order valence-corrected chi connectivity index (χ3v) is 3.37. The molecule has 3 aromatic carbocycles. The van der Waals surface area contributed by atoms with Gasteiger partial charge in [0.2, 0.25) is 5.96 Å². The number of carbonyl (C=O) groups is 1. The average molecular weight is 333 g/mol. The number of nitrogens with zero attached hydrogens (tertiary/aromatic N) is 1. The Bertz CT molecular complexity index is 862. The van der Waals surface area contributed by atoms with E-state index in [-0.39, 0.29) is 11.9 Å². The van der Waals surface area contributed by atoms with Crippen LogP contribution in [-0.2, 0) is 0 Å². The number of hydrogen-bond acceptors (Lipinski definition) is 2. The molecule has 3 aromatic rings. The molecule has 0 bridgehead atoms. The van der Waals surface area contributed by atoms with Gasteiger partial charge in [-0.15, -0.1) is 0 Å². The number of guanidine groups is 1. The van der Waals surface area contributed by atoms with Crippen molar-refractivity contribution >= 4 is 23.2 Å². The van der Waals surface area contributed by atoms with Gasteiger partial charge in [0, 0.05) is 11.3 Å². The monoisotopic (exact) mass is 333 g/mol. The Morgan fingerprint density at radius 2 is 1.40 bits per heavy atom. The maximum absolute atomic E-state index is 13.0. The van der Waals surface area contributed by atoms with Gasteiger partial charge in [-0.2, -0.15) is 0 Å². The molecule has 4 nitrogen and oxygen atoms in total. The molecule has 3 rings (SSSR count). The molecule has 0 aliphatic heterocycles. The molecule has 0 heterocycles. The van der Waals surface area contributed by atoms with E-state index in [1.807, 2.05) is 60.7 Å². The fraction of sp³-hybridized carbons (Fsp3) is 0. The van der Waals surface area contributed by atoms with Crippen LogP contribution in [0.2, 0.25) is 0 Å². The highest BCUT2D eigenvalue weighted by atomic mass is 19.1. The predicted molar refractivity (Wildman–Crippen MR) is 97.5 cm³/mol. The van der Waals surface area contributed by atoms with E-state index in [0.29, 0.717) is 11.3 Å². The van der Waals surface area contributed by atoms with E-state index in [1.54, 1.807) is 0 Å². The van der Waals surface area contributed by atoms with E-state index < -0.39 is 5.82 Å². The number of hydrogen-bond donors (Lipinski definition) is 2. The largest absolute Gasteiger partial charge is 0.326 e. The molecule has 0 saturated carbocycles. The van der Waals surface area contributed by atoms with Gasteiger partial charge in [0.05, 0.1) is 5.69 Å². The number of para-hydroxylation sites is 2. The molecule has 0 radical (unpaired) electrons. The molecule has 0 aliphatic carbocycles. The lowest BCUT2D eigenvalue weighted by Crippen LogP contribution is -2.35. The zero-order valence-electron chi connectivity index (χ0n) is 13.3. The van der Waals surface area contributed by atoms with Crippen LogP contribution in [0.5, 0.6) is 0 Å². The van der Waals surface area contributed by atoms with Crippen molar-refractivity contribution in [2.45, 2.75) is 0 Å². The van der Waals surface area contributed by atoms with E-state index in [9.17, 15) is 9.18 Å².